The molecule has 1 aliphatic rings. The molecule has 1 aromatic heterocycles. The van der Waals surface area contributed by atoms with Crippen LogP contribution in [0.3, 0.4) is 0 Å². The normalized spacial score (nSPS) is 15.4. The molecule has 1 amide bonds. The summed E-state index contributed by atoms with van der Waals surface area (Å²) in [4.78, 5) is 26.1. The maximum Gasteiger partial charge on any atom is 0.341 e. The number of hydrogen-bond acceptors (Lipinski definition) is 6. The van der Waals surface area contributed by atoms with E-state index in [1.807, 2.05) is 25.1 Å². The number of thiophene rings is 1. The maximum absolute atomic E-state index is 12.6. The number of amides is 1. The minimum Gasteiger partial charge on any atom is -0.493 e. The Kier molecular flexibility index (Phi) is 7.74. The van der Waals surface area contributed by atoms with E-state index < -0.39 is 5.97 Å². The molecule has 0 bridgehead atoms. The van der Waals surface area contributed by atoms with Crippen LogP contribution >= 0.6 is 11.3 Å². The Bertz CT molecular complexity index is 979. The van der Waals surface area contributed by atoms with Crippen LogP contribution in [0.4, 0.5) is 5.00 Å². The number of nitrogens with one attached hydrogen (secondary N) is 1. The fourth-order valence-electron chi connectivity index (χ4n) is 3.60. The van der Waals surface area contributed by atoms with E-state index in [1.165, 1.54) is 24.5 Å². The van der Waals surface area contributed by atoms with Gasteiger partial charge < -0.3 is 19.5 Å². The minimum absolute atomic E-state index is 0.304. The molecule has 0 spiro atoms. The Morgan fingerprint density at radius 2 is 2.06 bits per heavy atom. The van der Waals surface area contributed by atoms with Crippen LogP contribution in [0.5, 0.6) is 11.5 Å². The smallest absolute Gasteiger partial charge is 0.341 e. The molecule has 166 valence electrons. The third-order valence-corrected chi connectivity index (χ3v) is 6.38. The van der Waals surface area contributed by atoms with Gasteiger partial charge >= 0.3 is 5.97 Å². The number of ether oxygens (including phenoxy) is 3. The zero-order chi connectivity index (χ0) is 22.4. The second-order valence-corrected chi connectivity index (χ2v) is 8.73. The molecule has 2 aromatic rings. The van der Waals surface area contributed by atoms with Gasteiger partial charge in [0.2, 0.25) is 5.91 Å². The van der Waals surface area contributed by atoms with Crippen molar-refractivity contribution in [2.45, 2.75) is 39.5 Å². The molecule has 6 nitrogen and oxygen atoms in total. The second kappa shape index (κ2) is 10.5. The van der Waals surface area contributed by atoms with Crippen molar-refractivity contribution >= 4 is 34.3 Å². The second-order valence-electron chi connectivity index (χ2n) is 7.63. The molecule has 3 rings (SSSR count). The summed E-state index contributed by atoms with van der Waals surface area (Å²) < 4.78 is 16.0. The van der Waals surface area contributed by atoms with Gasteiger partial charge in [0.1, 0.15) is 5.00 Å². The van der Waals surface area contributed by atoms with Crippen molar-refractivity contribution in [1.29, 1.82) is 0 Å². The van der Waals surface area contributed by atoms with Crippen LogP contribution < -0.4 is 14.8 Å². The number of methoxy groups -OCH3 is 2. The van der Waals surface area contributed by atoms with Crippen molar-refractivity contribution in [3.05, 3.63) is 45.8 Å². The summed E-state index contributed by atoms with van der Waals surface area (Å²) in [6, 6.07) is 5.51. The zero-order valence-electron chi connectivity index (χ0n) is 18.4. The largest absolute Gasteiger partial charge is 0.493 e. The first-order valence-corrected chi connectivity index (χ1v) is 11.3. The molecular formula is C24H29NO5S. The van der Waals surface area contributed by atoms with E-state index in [0.717, 1.165) is 41.7 Å². The minimum atomic E-state index is -0.404. The molecule has 0 saturated heterocycles. The van der Waals surface area contributed by atoms with Crippen LogP contribution in [0, 0.1) is 5.92 Å². The number of rotatable bonds is 8. The number of benzene rings is 1. The number of carbonyl (C=O) groups excluding carboxylic acids is 2. The van der Waals surface area contributed by atoms with Crippen molar-refractivity contribution in [2.75, 3.05) is 26.1 Å². The van der Waals surface area contributed by atoms with Crippen LogP contribution in [-0.4, -0.2) is 32.7 Å². The molecule has 31 heavy (non-hydrogen) atoms. The highest BCUT2D eigenvalue weighted by atomic mass is 32.1. The molecule has 1 unspecified atom stereocenters. The van der Waals surface area contributed by atoms with Gasteiger partial charge in [0.25, 0.3) is 0 Å². The fourth-order valence-corrected chi connectivity index (χ4v) is 5.00. The van der Waals surface area contributed by atoms with Crippen molar-refractivity contribution in [3.8, 4) is 11.5 Å². The number of carbonyl (C=O) groups is 2. The van der Waals surface area contributed by atoms with Crippen LogP contribution in [0.2, 0.25) is 0 Å². The first-order chi connectivity index (χ1) is 15.0. The Morgan fingerprint density at radius 3 is 2.77 bits per heavy atom. The van der Waals surface area contributed by atoms with Crippen molar-refractivity contribution < 1.29 is 23.8 Å². The molecule has 1 N–H and O–H groups in total. The van der Waals surface area contributed by atoms with Gasteiger partial charge in [-0.1, -0.05) is 19.9 Å². The molecule has 0 radical (unpaired) electrons. The third kappa shape index (κ3) is 5.47. The summed E-state index contributed by atoms with van der Waals surface area (Å²) in [5, 5.41) is 3.43. The molecular weight excluding hydrogens is 414 g/mol. The number of esters is 1. The van der Waals surface area contributed by atoms with Gasteiger partial charge in [0, 0.05) is 11.0 Å². The summed E-state index contributed by atoms with van der Waals surface area (Å²) in [6.45, 7) is 4.85. The Labute approximate surface area is 187 Å². The van der Waals surface area contributed by atoms with E-state index in [9.17, 15) is 9.59 Å². The highest BCUT2D eigenvalue weighted by Gasteiger charge is 2.28. The van der Waals surface area contributed by atoms with E-state index in [4.69, 9.17) is 14.2 Å². The van der Waals surface area contributed by atoms with Gasteiger partial charge in [-0.2, -0.15) is 0 Å². The molecule has 7 heteroatoms. The standard InChI is InChI=1S/C24H29NO5S/c1-5-12-30-18-10-7-16(14-19(18)28-3)8-11-21(26)25-23-22(24(27)29-4)17-9-6-15(2)13-20(17)31-23/h7-8,10-11,14-15H,5-6,9,12-13H2,1-4H3,(H,25,26)/b11-8+. The van der Waals surface area contributed by atoms with E-state index in [2.05, 4.69) is 12.2 Å². The van der Waals surface area contributed by atoms with Gasteiger partial charge in [0.05, 0.1) is 26.4 Å². The third-order valence-electron chi connectivity index (χ3n) is 5.21. The van der Waals surface area contributed by atoms with Crippen LogP contribution in [0.1, 0.15) is 53.1 Å². The number of anilines is 1. The average molecular weight is 444 g/mol. The zero-order valence-corrected chi connectivity index (χ0v) is 19.3. The fraction of sp³-hybridized carbons (Fsp3) is 0.417. The van der Waals surface area contributed by atoms with Gasteiger partial charge in [-0.15, -0.1) is 11.3 Å². The first-order valence-electron chi connectivity index (χ1n) is 10.5. The van der Waals surface area contributed by atoms with Gasteiger partial charge in [0.15, 0.2) is 11.5 Å². The molecule has 0 aliphatic heterocycles. The average Bonchev–Trinajstić information content (AvgIpc) is 3.12. The molecule has 0 fully saturated rings. The molecule has 1 aliphatic carbocycles. The Balaban J connectivity index is 1.76. The van der Waals surface area contributed by atoms with E-state index in [0.29, 0.717) is 34.6 Å². The lowest BCUT2D eigenvalue weighted by Gasteiger charge is -2.18. The predicted octanol–water partition coefficient (Wildman–Crippen LogP) is 5.11. The Morgan fingerprint density at radius 1 is 1.26 bits per heavy atom. The van der Waals surface area contributed by atoms with E-state index in [-0.39, 0.29) is 5.91 Å². The monoisotopic (exact) mass is 443 g/mol. The molecule has 1 heterocycles. The highest BCUT2D eigenvalue weighted by molar-refractivity contribution is 7.17. The maximum atomic E-state index is 12.6. The SMILES string of the molecule is CCCOc1ccc(/C=C/C(=O)Nc2sc3c(c2C(=O)OC)CCC(C)C3)cc1OC. The van der Waals surface area contributed by atoms with E-state index in [1.54, 1.807) is 13.2 Å². The van der Waals surface area contributed by atoms with Gasteiger partial charge in [-0.25, -0.2) is 4.79 Å². The highest BCUT2D eigenvalue weighted by Crippen LogP contribution is 2.40. The lowest BCUT2D eigenvalue weighted by Crippen LogP contribution is -2.14. The van der Waals surface area contributed by atoms with Gasteiger partial charge in [-0.3, -0.25) is 4.79 Å². The summed E-state index contributed by atoms with van der Waals surface area (Å²) in [6.07, 6.45) is 6.83. The summed E-state index contributed by atoms with van der Waals surface area (Å²) in [5.41, 5.74) is 2.32. The van der Waals surface area contributed by atoms with Crippen LogP contribution in [0.25, 0.3) is 6.08 Å². The quantitative estimate of drug-likeness (QED) is 0.453. The number of fused-ring (bicyclic) bond motifs is 1. The van der Waals surface area contributed by atoms with Crippen molar-refractivity contribution in [1.82, 2.24) is 0 Å². The first kappa shape index (κ1) is 22.9. The molecule has 1 aromatic carbocycles. The lowest BCUT2D eigenvalue weighted by atomic mass is 9.88. The van der Waals surface area contributed by atoms with Crippen molar-refractivity contribution in [3.63, 3.8) is 0 Å². The predicted molar refractivity (Wildman–Crippen MR) is 123 cm³/mol. The van der Waals surface area contributed by atoms with E-state index >= 15 is 0 Å². The summed E-state index contributed by atoms with van der Waals surface area (Å²) >= 11 is 1.47. The van der Waals surface area contributed by atoms with Crippen LogP contribution in [0.15, 0.2) is 24.3 Å². The Hall–Kier alpha value is -2.80. The van der Waals surface area contributed by atoms with Crippen molar-refractivity contribution in [2.24, 2.45) is 5.92 Å². The summed E-state index contributed by atoms with van der Waals surface area (Å²) in [7, 11) is 2.95. The molecule has 0 saturated carbocycles. The molecule has 1 atom stereocenters. The van der Waals surface area contributed by atoms with Crippen LogP contribution in [-0.2, 0) is 22.4 Å². The summed E-state index contributed by atoms with van der Waals surface area (Å²) in [5.74, 6) is 1.15. The number of hydrogen-bond donors (Lipinski definition) is 1. The lowest BCUT2D eigenvalue weighted by molar-refractivity contribution is -0.111. The van der Waals surface area contributed by atoms with Gasteiger partial charge in [-0.05, 0) is 60.9 Å². The topological polar surface area (TPSA) is 73.9 Å².